The first-order valence-electron chi connectivity index (χ1n) is 9.42. The minimum atomic E-state index is -4.33. The molecule has 31 heavy (non-hydrogen) atoms. The fourth-order valence-corrected chi connectivity index (χ4v) is 3.99. The molecule has 0 bridgehead atoms. The zero-order valence-corrected chi connectivity index (χ0v) is 19.2. The number of rotatable bonds is 7. The van der Waals surface area contributed by atoms with E-state index in [1.165, 1.54) is 35.6 Å². The van der Waals surface area contributed by atoms with Gasteiger partial charge >= 0.3 is 7.60 Å². The summed E-state index contributed by atoms with van der Waals surface area (Å²) in [7, 11) is -4.33. The second kappa shape index (κ2) is 9.20. The number of anilines is 1. The predicted octanol–water partition coefficient (Wildman–Crippen LogP) is 4.39. The Kier molecular flexibility index (Phi) is 6.81. The molecule has 0 radical (unpaired) electrons. The molecule has 0 atom stereocenters. The van der Waals surface area contributed by atoms with E-state index < -0.39 is 7.60 Å². The molecular weight excluding hydrogens is 439 g/mol. The van der Waals surface area contributed by atoms with E-state index in [9.17, 15) is 19.1 Å². The average Bonchev–Trinajstić information content (AvgIpc) is 2.97. The molecule has 164 valence electrons. The minimum absolute atomic E-state index is 0.106. The smallest absolute Gasteiger partial charge is 0.356 e. The SMILES string of the molecule is Cc1nc(NC(=O)c2cc(Oc3ccc(P(=O)(O)O)cc3)cc(OC(C)C)c2)sc1C. The molecule has 3 rings (SSSR count). The van der Waals surface area contributed by atoms with Gasteiger partial charge < -0.3 is 19.3 Å². The van der Waals surface area contributed by atoms with E-state index >= 15 is 0 Å². The van der Waals surface area contributed by atoms with E-state index in [2.05, 4.69) is 10.3 Å². The maximum Gasteiger partial charge on any atom is 0.356 e. The van der Waals surface area contributed by atoms with E-state index in [4.69, 9.17) is 9.47 Å². The van der Waals surface area contributed by atoms with Gasteiger partial charge in [-0.05, 0) is 64.1 Å². The number of benzene rings is 2. The highest BCUT2D eigenvalue weighted by Gasteiger charge is 2.17. The molecule has 0 unspecified atom stereocenters. The van der Waals surface area contributed by atoms with Gasteiger partial charge in [0.25, 0.3) is 5.91 Å². The number of hydrogen-bond donors (Lipinski definition) is 3. The molecule has 0 spiro atoms. The first kappa shape index (κ1) is 23.0. The summed E-state index contributed by atoms with van der Waals surface area (Å²) in [5.74, 6) is 0.802. The molecule has 2 aromatic carbocycles. The van der Waals surface area contributed by atoms with Crippen molar-refractivity contribution < 1.29 is 28.6 Å². The number of carbonyl (C=O) groups is 1. The molecule has 0 saturated heterocycles. The van der Waals surface area contributed by atoms with Crippen molar-refractivity contribution in [2.45, 2.75) is 33.8 Å². The zero-order chi connectivity index (χ0) is 22.8. The van der Waals surface area contributed by atoms with Gasteiger partial charge in [-0.2, -0.15) is 0 Å². The monoisotopic (exact) mass is 462 g/mol. The summed E-state index contributed by atoms with van der Waals surface area (Å²) >= 11 is 1.39. The normalized spacial score (nSPS) is 11.5. The van der Waals surface area contributed by atoms with Crippen LogP contribution in [-0.4, -0.2) is 26.8 Å². The number of aryl methyl sites for hydroxylation is 2. The van der Waals surface area contributed by atoms with Crippen molar-refractivity contribution in [1.82, 2.24) is 4.98 Å². The molecule has 0 aliphatic carbocycles. The van der Waals surface area contributed by atoms with Crippen LogP contribution in [0, 0.1) is 13.8 Å². The largest absolute Gasteiger partial charge is 0.491 e. The molecule has 1 aromatic heterocycles. The maximum absolute atomic E-state index is 12.8. The van der Waals surface area contributed by atoms with Crippen LogP contribution in [0.1, 0.15) is 34.8 Å². The molecule has 0 fully saturated rings. The van der Waals surface area contributed by atoms with Gasteiger partial charge in [-0.1, -0.05) is 0 Å². The lowest BCUT2D eigenvalue weighted by molar-refractivity contribution is 0.102. The van der Waals surface area contributed by atoms with E-state index in [-0.39, 0.29) is 17.3 Å². The average molecular weight is 462 g/mol. The number of amides is 1. The Morgan fingerprint density at radius 1 is 1.06 bits per heavy atom. The van der Waals surface area contributed by atoms with Gasteiger partial charge in [0.05, 0.1) is 17.1 Å². The topological polar surface area (TPSA) is 118 Å². The molecule has 0 saturated carbocycles. The van der Waals surface area contributed by atoms with Crippen molar-refractivity contribution in [3.63, 3.8) is 0 Å². The van der Waals surface area contributed by atoms with E-state index in [0.717, 1.165) is 10.6 Å². The van der Waals surface area contributed by atoms with Crippen LogP contribution in [0.15, 0.2) is 42.5 Å². The zero-order valence-electron chi connectivity index (χ0n) is 17.4. The minimum Gasteiger partial charge on any atom is -0.491 e. The molecular formula is C21H23N2O6PS. The van der Waals surface area contributed by atoms with Gasteiger partial charge in [-0.3, -0.25) is 14.7 Å². The van der Waals surface area contributed by atoms with Gasteiger partial charge in [-0.25, -0.2) is 4.98 Å². The lowest BCUT2D eigenvalue weighted by Crippen LogP contribution is -2.13. The third kappa shape index (κ3) is 6.15. The fourth-order valence-electron chi connectivity index (χ4n) is 2.64. The number of carbonyl (C=O) groups excluding carboxylic acids is 1. The molecule has 0 aliphatic rings. The second-order valence-electron chi connectivity index (χ2n) is 7.11. The van der Waals surface area contributed by atoms with Crippen molar-refractivity contribution in [1.29, 1.82) is 0 Å². The number of nitrogens with zero attached hydrogens (tertiary/aromatic N) is 1. The number of hydrogen-bond acceptors (Lipinski definition) is 6. The standard InChI is InChI=1S/C21H23N2O6PS/c1-12(2)28-17-9-15(20(24)23-21-22-13(3)14(4)31-21)10-18(11-17)29-16-5-7-19(8-6-16)30(25,26)27/h5-12H,1-4H3,(H,22,23,24)(H2,25,26,27). The Bertz CT molecular complexity index is 1120. The number of aromatic nitrogens is 1. The van der Waals surface area contributed by atoms with Crippen LogP contribution in [-0.2, 0) is 4.57 Å². The van der Waals surface area contributed by atoms with E-state index in [1.807, 2.05) is 27.7 Å². The molecule has 1 heterocycles. The lowest BCUT2D eigenvalue weighted by atomic mass is 10.2. The fraction of sp³-hybridized carbons (Fsp3) is 0.238. The van der Waals surface area contributed by atoms with Crippen LogP contribution in [0.3, 0.4) is 0 Å². The summed E-state index contributed by atoms with van der Waals surface area (Å²) in [6.45, 7) is 7.55. The number of nitrogens with one attached hydrogen (secondary N) is 1. The summed E-state index contributed by atoms with van der Waals surface area (Å²) in [6.07, 6.45) is -0.113. The third-order valence-electron chi connectivity index (χ3n) is 4.17. The lowest BCUT2D eigenvalue weighted by Gasteiger charge is -2.14. The van der Waals surface area contributed by atoms with Gasteiger partial charge in [0.2, 0.25) is 0 Å². The Morgan fingerprint density at radius 2 is 1.71 bits per heavy atom. The van der Waals surface area contributed by atoms with Crippen molar-refractivity contribution >= 4 is 35.3 Å². The van der Waals surface area contributed by atoms with E-state index in [1.54, 1.807) is 18.2 Å². The van der Waals surface area contributed by atoms with Crippen molar-refractivity contribution in [2.75, 3.05) is 5.32 Å². The molecule has 3 N–H and O–H groups in total. The Labute approximate surface area is 184 Å². The Balaban J connectivity index is 1.87. The van der Waals surface area contributed by atoms with Crippen molar-refractivity contribution in [2.24, 2.45) is 0 Å². The van der Waals surface area contributed by atoms with Gasteiger partial charge in [0.15, 0.2) is 5.13 Å². The maximum atomic E-state index is 12.8. The van der Waals surface area contributed by atoms with E-state index in [0.29, 0.717) is 27.9 Å². The molecule has 8 nitrogen and oxygen atoms in total. The number of ether oxygens (including phenoxy) is 2. The van der Waals surface area contributed by atoms with Crippen LogP contribution < -0.4 is 20.1 Å². The summed E-state index contributed by atoms with van der Waals surface area (Å²) < 4.78 is 22.9. The summed E-state index contributed by atoms with van der Waals surface area (Å²) in [5, 5.41) is 3.19. The molecule has 1 amide bonds. The van der Waals surface area contributed by atoms with Gasteiger partial charge in [-0.15, -0.1) is 11.3 Å². The summed E-state index contributed by atoms with van der Waals surface area (Å²) in [6, 6.07) is 10.3. The quantitative estimate of drug-likeness (QED) is 0.446. The molecule has 3 aromatic rings. The van der Waals surface area contributed by atoms with Gasteiger partial charge in [0, 0.05) is 16.5 Å². The van der Waals surface area contributed by atoms with Crippen LogP contribution in [0.2, 0.25) is 0 Å². The first-order chi connectivity index (χ1) is 14.5. The van der Waals surface area contributed by atoms with Crippen LogP contribution >= 0.6 is 18.9 Å². The van der Waals surface area contributed by atoms with Crippen LogP contribution in [0.4, 0.5) is 5.13 Å². The molecule has 10 heteroatoms. The summed E-state index contributed by atoms with van der Waals surface area (Å²) in [5.41, 5.74) is 1.19. The van der Waals surface area contributed by atoms with Crippen molar-refractivity contribution in [3.8, 4) is 17.2 Å². The Morgan fingerprint density at radius 3 is 2.26 bits per heavy atom. The summed E-state index contributed by atoms with van der Waals surface area (Å²) in [4.78, 5) is 36.6. The Hall–Kier alpha value is -2.71. The highest BCUT2D eigenvalue weighted by molar-refractivity contribution is 7.60. The highest BCUT2D eigenvalue weighted by atomic mass is 32.1. The molecule has 0 aliphatic heterocycles. The highest BCUT2D eigenvalue weighted by Crippen LogP contribution is 2.34. The predicted molar refractivity (Wildman–Crippen MR) is 120 cm³/mol. The van der Waals surface area contributed by atoms with Crippen LogP contribution in [0.5, 0.6) is 17.2 Å². The van der Waals surface area contributed by atoms with Crippen LogP contribution in [0.25, 0.3) is 0 Å². The van der Waals surface area contributed by atoms with Gasteiger partial charge in [0.1, 0.15) is 17.2 Å². The second-order valence-corrected chi connectivity index (χ2v) is 9.92. The first-order valence-corrected chi connectivity index (χ1v) is 11.9. The van der Waals surface area contributed by atoms with Crippen molar-refractivity contribution in [3.05, 3.63) is 58.6 Å². The number of thiazole rings is 1. The third-order valence-corrected chi connectivity index (χ3v) is 6.13.